The molecule has 2 aromatic carbocycles. The Labute approximate surface area is 176 Å². The van der Waals surface area contributed by atoms with Crippen LogP contribution in [0.1, 0.15) is 18.0 Å². The fraction of sp³-hybridized carbons (Fsp3) is 0.143. The second kappa shape index (κ2) is 6.67. The van der Waals surface area contributed by atoms with Crippen LogP contribution in [-0.4, -0.2) is 35.7 Å². The lowest BCUT2D eigenvalue weighted by Crippen LogP contribution is -2.29. The van der Waals surface area contributed by atoms with Gasteiger partial charge in [-0.15, -0.1) is 0 Å². The number of H-pyrrole nitrogens is 1. The standard InChI is InChI=1S/C21H13F3N6O2/c22-10-1-4-13-16(7-10)29(9-26-13)20-25-8-14-19(28-20)30(21(31)27-14)15-5-6-32-18-12(24)3-2-11(23)17(15)18/h1-4,7-9,15H,5-6H2,(H,27,31). The third-order valence-electron chi connectivity index (χ3n) is 5.55. The summed E-state index contributed by atoms with van der Waals surface area (Å²) >= 11 is 0. The van der Waals surface area contributed by atoms with E-state index in [1.807, 2.05) is 0 Å². The molecule has 1 unspecified atom stereocenters. The molecule has 5 aromatic rings. The first kappa shape index (κ1) is 18.6. The summed E-state index contributed by atoms with van der Waals surface area (Å²) in [5.74, 6) is -1.91. The van der Waals surface area contributed by atoms with Gasteiger partial charge in [-0.2, -0.15) is 4.98 Å². The average molecular weight is 438 g/mol. The molecule has 8 nitrogen and oxygen atoms in total. The molecule has 1 aliphatic rings. The number of aromatic nitrogens is 6. The van der Waals surface area contributed by atoms with Gasteiger partial charge in [0.2, 0.25) is 5.95 Å². The molecule has 0 fully saturated rings. The van der Waals surface area contributed by atoms with E-state index in [0.717, 1.165) is 12.1 Å². The van der Waals surface area contributed by atoms with Crippen LogP contribution in [0.15, 0.2) is 47.7 Å². The van der Waals surface area contributed by atoms with Gasteiger partial charge in [0.15, 0.2) is 17.2 Å². The third-order valence-corrected chi connectivity index (χ3v) is 5.55. The number of imidazole rings is 2. The lowest BCUT2D eigenvalue weighted by Gasteiger charge is -2.27. The van der Waals surface area contributed by atoms with Crippen molar-refractivity contribution in [3.05, 3.63) is 76.4 Å². The number of rotatable bonds is 2. The summed E-state index contributed by atoms with van der Waals surface area (Å²) in [6, 6.07) is 5.27. The van der Waals surface area contributed by atoms with Crippen LogP contribution in [-0.2, 0) is 0 Å². The summed E-state index contributed by atoms with van der Waals surface area (Å²) in [6.45, 7) is 0.0977. The zero-order valence-corrected chi connectivity index (χ0v) is 16.2. The van der Waals surface area contributed by atoms with Gasteiger partial charge in [0, 0.05) is 12.5 Å². The molecule has 1 aliphatic heterocycles. The van der Waals surface area contributed by atoms with E-state index >= 15 is 0 Å². The van der Waals surface area contributed by atoms with Gasteiger partial charge in [-0.1, -0.05) is 0 Å². The summed E-state index contributed by atoms with van der Waals surface area (Å²) in [5, 5.41) is 0. The second-order valence-electron chi connectivity index (χ2n) is 7.38. The van der Waals surface area contributed by atoms with E-state index in [9.17, 15) is 18.0 Å². The van der Waals surface area contributed by atoms with Gasteiger partial charge in [-0.25, -0.2) is 27.9 Å². The molecule has 6 rings (SSSR count). The quantitative estimate of drug-likeness (QED) is 0.457. The highest BCUT2D eigenvalue weighted by molar-refractivity contribution is 5.77. The van der Waals surface area contributed by atoms with E-state index in [0.29, 0.717) is 16.6 Å². The van der Waals surface area contributed by atoms with Crippen molar-refractivity contribution < 1.29 is 17.9 Å². The van der Waals surface area contributed by atoms with Crippen LogP contribution < -0.4 is 10.4 Å². The number of benzene rings is 2. The smallest absolute Gasteiger partial charge is 0.328 e. The number of hydrogen-bond acceptors (Lipinski definition) is 5. The molecule has 1 N–H and O–H groups in total. The lowest BCUT2D eigenvalue weighted by atomic mass is 9.99. The van der Waals surface area contributed by atoms with Gasteiger partial charge in [0.05, 0.1) is 35.4 Å². The minimum atomic E-state index is -0.838. The Morgan fingerprint density at radius 2 is 1.94 bits per heavy atom. The monoisotopic (exact) mass is 438 g/mol. The van der Waals surface area contributed by atoms with E-state index in [1.54, 1.807) is 0 Å². The fourth-order valence-electron chi connectivity index (χ4n) is 4.13. The van der Waals surface area contributed by atoms with E-state index in [1.165, 1.54) is 39.9 Å². The maximum Gasteiger partial charge on any atom is 0.328 e. The summed E-state index contributed by atoms with van der Waals surface area (Å²) < 4.78 is 50.8. The third kappa shape index (κ3) is 2.63. The molecular formula is C21H13F3N6O2. The van der Waals surface area contributed by atoms with Crippen LogP contribution in [0.2, 0.25) is 0 Å². The van der Waals surface area contributed by atoms with Gasteiger partial charge in [0.1, 0.15) is 23.5 Å². The fourth-order valence-corrected chi connectivity index (χ4v) is 4.13. The first-order valence-corrected chi connectivity index (χ1v) is 9.72. The van der Waals surface area contributed by atoms with Gasteiger partial charge in [-0.05, 0) is 24.3 Å². The molecule has 1 atom stereocenters. The lowest BCUT2D eigenvalue weighted by molar-refractivity contribution is 0.238. The van der Waals surface area contributed by atoms with Gasteiger partial charge < -0.3 is 9.72 Å². The highest BCUT2D eigenvalue weighted by Gasteiger charge is 2.32. The minimum absolute atomic E-state index is 0.0467. The van der Waals surface area contributed by atoms with E-state index in [4.69, 9.17) is 4.74 Å². The van der Waals surface area contributed by atoms with Crippen molar-refractivity contribution in [2.24, 2.45) is 0 Å². The molecule has 4 heterocycles. The van der Waals surface area contributed by atoms with Crippen molar-refractivity contribution >= 4 is 22.2 Å². The molecule has 0 saturated heterocycles. The number of halogens is 3. The van der Waals surface area contributed by atoms with E-state index in [-0.39, 0.29) is 35.9 Å². The topological polar surface area (TPSA) is 90.6 Å². The number of fused-ring (bicyclic) bond motifs is 3. The van der Waals surface area contributed by atoms with Crippen molar-refractivity contribution in [1.82, 2.24) is 29.1 Å². The Bertz CT molecular complexity index is 1590. The zero-order valence-electron chi connectivity index (χ0n) is 16.2. The predicted octanol–water partition coefficient (Wildman–Crippen LogP) is 3.25. The summed E-state index contributed by atoms with van der Waals surface area (Å²) in [6.07, 6.45) is 3.08. The maximum absolute atomic E-state index is 14.7. The summed E-state index contributed by atoms with van der Waals surface area (Å²) in [7, 11) is 0. The highest BCUT2D eigenvalue weighted by Crippen LogP contribution is 2.38. The molecule has 3 aromatic heterocycles. The zero-order chi connectivity index (χ0) is 22.0. The molecule has 0 bridgehead atoms. The number of ether oxygens (including phenoxy) is 1. The predicted molar refractivity (Wildman–Crippen MR) is 107 cm³/mol. The van der Waals surface area contributed by atoms with Crippen molar-refractivity contribution in [2.75, 3.05) is 6.61 Å². The summed E-state index contributed by atoms with van der Waals surface area (Å²) in [4.78, 5) is 28.4. The van der Waals surface area contributed by atoms with Crippen LogP contribution in [0.5, 0.6) is 5.75 Å². The molecule has 11 heteroatoms. The first-order valence-electron chi connectivity index (χ1n) is 9.72. The SMILES string of the molecule is O=c1[nH]c2cnc(-n3cnc4ccc(F)cc43)nc2n1C1CCOc2c(F)ccc(F)c21. The molecule has 32 heavy (non-hydrogen) atoms. The highest BCUT2D eigenvalue weighted by atomic mass is 19.1. The normalized spacial score (nSPS) is 15.8. The van der Waals surface area contributed by atoms with Crippen molar-refractivity contribution in [2.45, 2.75) is 12.5 Å². The van der Waals surface area contributed by atoms with Crippen LogP contribution in [0.25, 0.3) is 28.1 Å². The molecule has 0 aliphatic carbocycles. The average Bonchev–Trinajstić information content (AvgIpc) is 3.35. The Morgan fingerprint density at radius 3 is 2.81 bits per heavy atom. The van der Waals surface area contributed by atoms with Crippen molar-refractivity contribution in [3.8, 4) is 11.7 Å². The Morgan fingerprint density at radius 1 is 1.09 bits per heavy atom. The van der Waals surface area contributed by atoms with Crippen LogP contribution in [0, 0.1) is 17.5 Å². The number of hydrogen-bond donors (Lipinski definition) is 1. The van der Waals surface area contributed by atoms with Gasteiger partial charge in [0.25, 0.3) is 0 Å². The molecule has 160 valence electrons. The molecular weight excluding hydrogens is 425 g/mol. The van der Waals surface area contributed by atoms with E-state index in [2.05, 4.69) is 19.9 Å². The van der Waals surface area contributed by atoms with Crippen LogP contribution in [0.4, 0.5) is 13.2 Å². The first-order chi connectivity index (χ1) is 15.5. The summed E-state index contributed by atoms with van der Waals surface area (Å²) in [5.41, 5.74) is 0.902. The maximum atomic E-state index is 14.7. The number of aromatic amines is 1. The van der Waals surface area contributed by atoms with E-state index < -0.39 is 29.2 Å². The number of nitrogens with one attached hydrogen (secondary N) is 1. The van der Waals surface area contributed by atoms with Crippen molar-refractivity contribution in [3.63, 3.8) is 0 Å². The molecule has 0 radical (unpaired) electrons. The number of nitrogens with zero attached hydrogens (tertiary/aromatic N) is 5. The minimum Gasteiger partial charge on any atom is -0.490 e. The van der Waals surface area contributed by atoms with Gasteiger partial charge in [-0.3, -0.25) is 9.13 Å². The van der Waals surface area contributed by atoms with Crippen LogP contribution in [0.3, 0.4) is 0 Å². The Balaban J connectivity index is 1.57. The molecule has 0 spiro atoms. The second-order valence-corrected chi connectivity index (χ2v) is 7.38. The largest absolute Gasteiger partial charge is 0.490 e. The van der Waals surface area contributed by atoms with Crippen LogP contribution >= 0.6 is 0 Å². The van der Waals surface area contributed by atoms with Crippen molar-refractivity contribution in [1.29, 1.82) is 0 Å². The Kier molecular flexibility index (Phi) is 3.88. The molecule has 0 saturated carbocycles. The van der Waals surface area contributed by atoms with Gasteiger partial charge >= 0.3 is 5.69 Å². The molecule has 0 amide bonds. The Hall–Kier alpha value is -4.15.